The smallest absolute Gasteiger partial charge is 0.120 e. The molecular formula is C8H13N3S. The number of nitrogens with zero attached hydrogens (tertiary/aromatic N) is 2. The summed E-state index contributed by atoms with van der Waals surface area (Å²) in [5.41, 5.74) is 7.34. The van der Waals surface area contributed by atoms with Gasteiger partial charge in [0.15, 0.2) is 0 Å². The number of aliphatic imine (C=N–C) groups is 2. The molecule has 2 rings (SSSR count). The highest BCUT2D eigenvalue weighted by Gasteiger charge is 2.23. The van der Waals surface area contributed by atoms with Gasteiger partial charge in [-0.05, 0) is 6.08 Å². The van der Waals surface area contributed by atoms with Crippen LogP contribution in [0.5, 0.6) is 0 Å². The van der Waals surface area contributed by atoms with Crippen molar-refractivity contribution in [3.8, 4) is 0 Å². The zero-order chi connectivity index (χ0) is 8.97. The van der Waals surface area contributed by atoms with E-state index < -0.39 is 0 Å². The maximum absolute atomic E-state index is 5.48. The summed E-state index contributed by atoms with van der Waals surface area (Å²) in [7, 11) is 0. The Bertz CT molecular complexity index is 232. The highest BCUT2D eigenvalue weighted by molar-refractivity contribution is 8.13. The van der Waals surface area contributed by atoms with Gasteiger partial charge in [0.2, 0.25) is 0 Å². The van der Waals surface area contributed by atoms with Gasteiger partial charge >= 0.3 is 0 Å². The first-order valence-corrected chi connectivity index (χ1v) is 4.99. The number of hydrogen-bond donors (Lipinski definition) is 1. The van der Waals surface area contributed by atoms with E-state index in [-0.39, 0.29) is 6.04 Å². The van der Waals surface area contributed by atoms with Gasteiger partial charge in [-0.1, -0.05) is 13.8 Å². The molecule has 0 saturated carbocycles. The number of rotatable bonds is 0. The van der Waals surface area contributed by atoms with Gasteiger partial charge in [-0.3, -0.25) is 4.99 Å². The molecule has 2 unspecified atom stereocenters. The van der Waals surface area contributed by atoms with Crippen LogP contribution in [0.3, 0.4) is 0 Å². The lowest BCUT2D eigenvalue weighted by molar-refractivity contribution is 0.898. The van der Waals surface area contributed by atoms with Crippen LogP contribution in [-0.4, -0.2) is 23.1 Å². The molecule has 2 heterocycles. The van der Waals surface area contributed by atoms with Crippen LogP contribution in [0.15, 0.2) is 21.9 Å². The molecule has 2 aliphatic heterocycles. The van der Waals surface area contributed by atoms with Crippen molar-refractivity contribution in [3.63, 3.8) is 0 Å². The van der Waals surface area contributed by atoms with Crippen LogP contribution in [0.25, 0.3) is 0 Å². The van der Waals surface area contributed by atoms with Crippen molar-refractivity contribution in [2.24, 2.45) is 15.7 Å². The monoisotopic (exact) mass is 183 g/mol. The molecule has 0 aliphatic carbocycles. The van der Waals surface area contributed by atoms with Crippen molar-refractivity contribution >= 4 is 23.5 Å². The van der Waals surface area contributed by atoms with Crippen molar-refractivity contribution in [2.45, 2.75) is 25.1 Å². The second-order valence-electron chi connectivity index (χ2n) is 2.22. The number of hydrogen-bond acceptors (Lipinski definition) is 4. The van der Waals surface area contributed by atoms with Gasteiger partial charge in [-0.2, -0.15) is 0 Å². The SMILES string of the molecule is CC.NC1=CC2SC=NC2C=N1. The molecule has 0 spiro atoms. The summed E-state index contributed by atoms with van der Waals surface area (Å²) in [6.07, 6.45) is 3.75. The molecule has 2 aliphatic rings. The minimum Gasteiger partial charge on any atom is -0.384 e. The lowest BCUT2D eigenvalue weighted by atomic mass is 10.2. The quantitative estimate of drug-likeness (QED) is 0.617. The molecule has 4 heteroatoms. The van der Waals surface area contributed by atoms with Gasteiger partial charge in [0.05, 0.1) is 10.8 Å². The third-order valence-corrected chi connectivity index (χ3v) is 2.47. The van der Waals surface area contributed by atoms with E-state index in [0.29, 0.717) is 11.1 Å². The molecule has 0 aromatic heterocycles. The van der Waals surface area contributed by atoms with Gasteiger partial charge in [0.1, 0.15) is 11.9 Å². The molecule has 12 heavy (non-hydrogen) atoms. The molecule has 3 nitrogen and oxygen atoms in total. The molecule has 2 atom stereocenters. The summed E-state index contributed by atoms with van der Waals surface area (Å²) in [5.74, 6) is 0.610. The van der Waals surface area contributed by atoms with Gasteiger partial charge in [-0.15, -0.1) is 11.8 Å². The fraction of sp³-hybridized carbons (Fsp3) is 0.500. The molecule has 2 N–H and O–H groups in total. The van der Waals surface area contributed by atoms with E-state index in [4.69, 9.17) is 5.73 Å². The van der Waals surface area contributed by atoms with Gasteiger partial charge in [0, 0.05) is 6.21 Å². The highest BCUT2D eigenvalue weighted by atomic mass is 32.2. The average Bonchev–Trinajstić information content (AvgIpc) is 2.54. The molecule has 0 aromatic rings. The van der Waals surface area contributed by atoms with E-state index in [0.717, 1.165) is 0 Å². The Balaban J connectivity index is 0.000000336. The van der Waals surface area contributed by atoms with Crippen molar-refractivity contribution in [2.75, 3.05) is 0 Å². The zero-order valence-corrected chi connectivity index (χ0v) is 8.08. The zero-order valence-electron chi connectivity index (χ0n) is 7.27. The Hall–Kier alpha value is -0.770. The second-order valence-corrected chi connectivity index (χ2v) is 3.24. The van der Waals surface area contributed by atoms with Crippen molar-refractivity contribution in [3.05, 3.63) is 11.9 Å². The topological polar surface area (TPSA) is 50.7 Å². The van der Waals surface area contributed by atoms with Gasteiger partial charge < -0.3 is 5.73 Å². The van der Waals surface area contributed by atoms with E-state index in [1.165, 1.54) is 0 Å². The van der Waals surface area contributed by atoms with E-state index in [2.05, 4.69) is 9.98 Å². The standard InChI is InChI=1S/C6H7N3S.C2H6/c7-6-1-5-4(2-8-6)9-3-10-5;1-2/h1-5H,7H2;1-2H3. The van der Waals surface area contributed by atoms with Crippen molar-refractivity contribution < 1.29 is 0 Å². The van der Waals surface area contributed by atoms with Crippen LogP contribution >= 0.6 is 11.8 Å². The molecule has 66 valence electrons. The predicted octanol–water partition coefficient (Wildman–Crippen LogP) is 1.41. The Morgan fingerprint density at radius 1 is 1.50 bits per heavy atom. The lowest BCUT2D eigenvalue weighted by Crippen LogP contribution is -2.22. The molecule has 0 saturated heterocycles. The van der Waals surface area contributed by atoms with Crippen LogP contribution in [0.1, 0.15) is 13.8 Å². The Morgan fingerprint density at radius 2 is 2.25 bits per heavy atom. The maximum Gasteiger partial charge on any atom is 0.120 e. The largest absolute Gasteiger partial charge is 0.384 e. The predicted molar refractivity (Wildman–Crippen MR) is 55.8 cm³/mol. The summed E-state index contributed by atoms with van der Waals surface area (Å²) in [6, 6.07) is 0.234. The van der Waals surface area contributed by atoms with Crippen molar-refractivity contribution in [1.29, 1.82) is 0 Å². The van der Waals surface area contributed by atoms with Gasteiger partial charge in [0.25, 0.3) is 0 Å². The van der Waals surface area contributed by atoms with E-state index in [1.54, 1.807) is 18.0 Å². The molecule has 0 aromatic carbocycles. The van der Waals surface area contributed by atoms with Crippen LogP contribution in [0.4, 0.5) is 0 Å². The number of thioether (sulfide) groups is 1. The van der Waals surface area contributed by atoms with Gasteiger partial charge in [-0.25, -0.2) is 4.99 Å². The Kier molecular flexibility index (Phi) is 3.34. The first-order valence-electron chi connectivity index (χ1n) is 4.05. The average molecular weight is 183 g/mol. The Labute approximate surface area is 76.9 Å². The second kappa shape index (κ2) is 4.30. The van der Waals surface area contributed by atoms with Crippen LogP contribution in [0.2, 0.25) is 0 Å². The summed E-state index contributed by atoms with van der Waals surface area (Å²) in [6.45, 7) is 4.00. The molecule has 0 amide bonds. The van der Waals surface area contributed by atoms with Crippen LogP contribution < -0.4 is 5.73 Å². The number of nitrogens with two attached hydrogens (primary N) is 1. The van der Waals surface area contributed by atoms with E-state index in [9.17, 15) is 0 Å². The minimum atomic E-state index is 0.234. The maximum atomic E-state index is 5.48. The summed E-state index contributed by atoms with van der Waals surface area (Å²) < 4.78 is 0. The van der Waals surface area contributed by atoms with E-state index in [1.807, 2.05) is 25.5 Å². The molecule has 0 radical (unpaired) electrons. The fourth-order valence-corrected chi connectivity index (χ4v) is 1.85. The highest BCUT2D eigenvalue weighted by Crippen LogP contribution is 2.24. The summed E-state index contributed by atoms with van der Waals surface area (Å²) in [5, 5.41) is 0.400. The fourth-order valence-electron chi connectivity index (χ4n) is 0.976. The molecular weight excluding hydrogens is 170 g/mol. The number of fused-ring (bicyclic) bond motifs is 1. The normalized spacial score (nSPS) is 30.3. The lowest BCUT2D eigenvalue weighted by Gasteiger charge is -2.12. The van der Waals surface area contributed by atoms with E-state index >= 15 is 0 Å². The first kappa shape index (κ1) is 9.32. The summed E-state index contributed by atoms with van der Waals surface area (Å²) >= 11 is 1.69. The molecule has 0 bridgehead atoms. The Morgan fingerprint density at radius 3 is 3.00 bits per heavy atom. The third-order valence-electron chi connectivity index (χ3n) is 1.50. The third kappa shape index (κ3) is 1.88. The van der Waals surface area contributed by atoms with Crippen LogP contribution in [-0.2, 0) is 0 Å². The minimum absolute atomic E-state index is 0.234. The van der Waals surface area contributed by atoms with Crippen LogP contribution in [0, 0.1) is 0 Å². The molecule has 0 fully saturated rings. The summed E-state index contributed by atoms with van der Waals surface area (Å²) in [4.78, 5) is 8.14. The first-order chi connectivity index (χ1) is 5.86. The van der Waals surface area contributed by atoms with Crippen molar-refractivity contribution in [1.82, 2.24) is 0 Å².